The van der Waals surface area contributed by atoms with Crippen molar-refractivity contribution in [1.82, 2.24) is 15.0 Å². The molecule has 6 rings (SSSR count). The van der Waals surface area contributed by atoms with Crippen LogP contribution in [0.3, 0.4) is 0 Å². The predicted octanol–water partition coefficient (Wildman–Crippen LogP) is 5.36. The van der Waals surface area contributed by atoms with Crippen molar-refractivity contribution in [1.29, 1.82) is 0 Å². The first-order valence-corrected chi connectivity index (χ1v) is 12.9. The van der Waals surface area contributed by atoms with Crippen LogP contribution >= 0.6 is 11.3 Å². The molecule has 0 aliphatic carbocycles. The topological polar surface area (TPSA) is 91.8 Å². The molecular weight excluding hydrogens is 488 g/mol. The number of thiophene rings is 1. The van der Waals surface area contributed by atoms with Gasteiger partial charge in [-0.3, -0.25) is 14.5 Å². The van der Waals surface area contributed by atoms with Gasteiger partial charge in [-0.1, -0.05) is 53.7 Å². The summed E-state index contributed by atoms with van der Waals surface area (Å²) in [5, 5.41) is 9.37. The number of rotatable bonds is 6. The molecule has 1 aliphatic rings. The first-order chi connectivity index (χ1) is 18.2. The largest absolute Gasteiger partial charge is 0.449 e. The quantitative estimate of drug-likeness (QED) is 0.329. The molecule has 1 aliphatic heterocycles. The van der Waals surface area contributed by atoms with Gasteiger partial charge in [-0.05, 0) is 29.1 Å². The van der Waals surface area contributed by atoms with Crippen molar-refractivity contribution in [2.75, 3.05) is 31.5 Å². The van der Waals surface area contributed by atoms with Crippen molar-refractivity contribution in [2.45, 2.75) is 6.54 Å². The van der Waals surface area contributed by atoms with Crippen LogP contribution in [0.5, 0.6) is 0 Å². The Labute approximate surface area is 217 Å². The maximum absolute atomic E-state index is 13.6. The number of carbonyl (C=O) groups excluding carboxylic acids is 2. The molecule has 37 heavy (non-hydrogen) atoms. The average molecular weight is 513 g/mol. The van der Waals surface area contributed by atoms with Gasteiger partial charge >= 0.3 is 0 Å². The zero-order chi connectivity index (χ0) is 25.2. The molecule has 186 valence electrons. The van der Waals surface area contributed by atoms with Gasteiger partial charge in [0, 0.05) is 44.2 Å². The SMILES string of the molecule is O=C(Nc1c(C(=O)N2CCN(Cc3ccccc3)CC2)oc2ccccc12)c1cc(-c2cccs2)on1. The number of benzene rings is 2. The van der Waals surface area contributed by atoms with Crippen LogP contribution in [0, 0.1) is 0 Å². The highest BCUT2D eigenvalue weighted by Crippen LogP contribution is 2.33. The lowest BCUT2D eigenvalue weighted by Gasteiger charge is -2.34. The van der Waals surface area contributed by atoms with Gasteiger partial charge in [-0.25, -0.2) is 0 Å². The molecule has 0 unspecified atom stereocenters. The Morgan fingerprint density at radius 2 is 1.73 bits per heavy atom. The molecule has 3 aromatic heterocycles. The third kappa shape index (κ3) is 4.78. The lowest BCUT2D eigenvalue weighted by atomic mass is 10.1. The Balaban J connectivity index is 1.20. The number of carbonyl (C=O) groups is 2. The van der Waals surface area contributed by atoms with Gasteiger partial charge in [-0.15, -0.1) is 11.3 Å². The van der Waals surface area contributed by atoms with Crippen molar-refractivity contribution in [3.63, 3.8) is 0 Å². The fraction of sp³-hybridized carbons (Fsp3) is 0.179. The van der Waals surface area contributed by atoms with E-state index in [0.29, 0.717) is 35.5 Å². The highest BCUT2D eigenvalue weighted by Gasteiger charge is 2.29. The number of para-hydroxylation sites is 1. The van der Waals surface area contributed by atoms with E-state index in [1.807, 2.05) is 53.9 Å². The van der Waals surface area contributed by atoms with Crippen LogP contribution in [0.25, 0.3) is 21.6 Å². The summed E-state index contributed by atoms with van der Waals surface area (Å²) < 4.78 is 11.3. The second-order valence-electron chi connectivity index (χ2n) is 8.86. The fourth-order valence-corrected chi connectivity index (χ4v) is 5.18. The third-order valence-corrected chi connectivity index (χ3v) is 7.33. The number of nitrogens with one attached hydrogen (secondary N) is 1. The van der Waals surface area contributed by atoms with Gasteiger partial charge in [0.05, 0.1) is 4.88 Å². The number of aromatic nitrogens is 1. The molecule has 0 spiro atoms. The molecular formula is C28H24N4O4S. The van der Waals surface area contributed by atoms with E-state index >= 15 is 0 Å². The molecule has 0 saturated carbocycles. The number of amides is 2. The van der Waals surface area contributed by atoms with Crippen LogP contribution in [0.15, 0.2) is 87.1 Å². The fourth-order valence-electron chi connectivity index (χ4n) is 4.51. The van der Waals surface area contributed by atoms with Crippen molar-refractivity contribution in [3.8, 4) is 10.6 Å². The van der Waals surface area contributed by atoms with E-state index in [1.165, 1.54) is 16.9 Å². The van der Waals surface area contributed by atoms with E-state index in [1.54, 1.807) is 17.0 Å². The summed E-state index contributed by atoms with van der Waals surface area (Å²) in [6.45, 7) is 3.51. The summed E-state index contributed by atoms with van der Waals surface area (Å²) in [5.74, 6) is -0.0833. The number of furan rings is 1. The van der Waals surface area contributed by atoms with Gasteiger partial charge in [0.25, 0.3) is 11.8 Å². The van der Waals surface area contributed by atoms with Crippen molar-refractivity contribution in [3.05, 3.63) is 95.2 Å². The van der Waals surface area contributed by atoms with Gasteiger partial charge in [0.1, 0.15) is 11.3 Å². The van der Waals surface area contributed by atoms with Crippen LogP contribution in [0.2, 0.25) is 0 Å². The molecule has 0 atom stereocenters. The van der Waals surface area contributed by atoms with E-state index in [0.717, 1.165) is 24.5 Å². The Morgan fingerprint density at radius 3 is 2.51 bits per heavy atom. The maximum atomic E-state index is 13.6. The molecule has 8 nitrogen and oxygen atoms in total. The zero-order valence-electron chi connectivity index (χ0n) is 19.9. The number of fused-ring (bicyclic) bond motifs is 1. The average Bonchev–Trinajstić information content (AvgIpc) is 3.70. The van der Waals surface area contributed by atoms with Crippen molar-refractivity contribution < 1.29 is 18.5 Å². The Morgan fingerprint density at radius 1 is 0.946 bits per heavy atom. The summed E-state index contributed by atoms with van der Waals surface area (Å²) >= 11 is 1.50. The molecule has 1 saturated heterocycles. The zero-order valence-corrected chi connectivity index (χ0v) is 20.7. The first-order valence-electron chi connectivity index (χ1n) is 12.0. The minimum Gasteiger partial charge on any atom is -0.449 e. The second kappa shape index (κ2) is 10.0. The number of piperazine rings is 1. The molecule has 0 bridgehead atoms. The summed E-state index contributed by atoms with van der Waals surface area (Å²) in [5.41, 5.74) is 2.25. The molecule has 5 aromatic rings. The number of nitrogens with zero attached hydrogens (tertiary/aromatic N) is 3. The molecule has 9 heteroatoms. The van der Waals surface area contributed by atoms with Crippen LogP contribution < -0.4 is 5.32 Å². The second-order valence-corrected chi connectivity index (χ2v) is 9.81. The molecule has 2 amide bonds. The standard InChI is InChI=1S/C28H24N4O4S/c33-27(21-17-23(36-30-21)24-11-6-16-37-24)29-25-20-9-4-5-10-22(20)35-26(25)28(34)32-14-12-31(13-15-32)18-19-7-2-1-3-8-19/h1-11,16-17H,12-15,18H2,(H,29,33). The van der Waals surface area contributed by atoms with Crippen LogP contribution in [0.1, 0.15) is 26.6 Å². The number of anilines is 1. The minimum atomic E-state index is -0.472. The summed E-state index contributed by atoms with van der Waals surface area (Å²) in [4.78, 5) is 31.6. The van der Waals surface area contributed by atoms with Gasteiger partial charge in [0.15, 0.2) is 11.5 Å². The molecule has 4 heterocycles. The Bertz CT molecular complexity index is 1530. The molecule has 1 fully saturated rings. The van der Waals surface area contributed by atoms with E-state index < -0.39 is 5.91 Å². The van der Waals surface area contributed by atoms with E-state index in [-0.39, 0.29) is 17.4 Å². The predicted molar refractivity (Wildman–Crippen MR) is 142 cm³/mol. The number of hydrogen-bond donors (Lipinski definition) is 1. The molecule has 0 radical (unpaired) electrons. The van der Waals surface area contributed by atoms with Crippen molar-refractivity contribution in [2.24, 2.45) is 0 Å². The maximum Gasteiger partial charge on any atom is 0.291 e. The van der Waals surface area contributed by atoms with E-state index in [2.05, 4.69) is 27.5 Å². The van der Waals surface area contributed by atoms with E-state index in [9.17, 15) is 9.59 Å². The highest BCUT2D eigenvalue weighted by molar-refractivity contribution is 7.13. The normalized spacial score (nSPS) is 14.2. The summed E-state index contributed by atoms with van der Waals surface area (Å²) in [7, 11) is 0. The number of hydrogen-bond acceptors (Lipinski definition) is 7. The summed E-state index contributed by atoms with van der Waals surface area (Å²) in [6, 6.07) is 23.0. The first kappa shape index (κ1) is 23.2. The van der Waals surface area contributed by atoms with E-state index in [4.69, 9.17) is 8.94 Å². The highest BCUT2D eigenvalue weighted by atomic mass is 32.1. The lowest BCUT2D eigenvalue weighted by Crippen LogP contribution is -2.48. The Hall–Kier alpha value is -4.21. The monoisotopic (exact) mass is 512 g/mol. The van der Waals surface area contributed by atoms with Crippen LogP contribution in [-0.4, -0.2) is 52.9 Å². The van der Waals surface area contributed by atoms with Gasteiger partial charge in [-0.2, -0.15) is 0 Å². The van der Waals surface area contributed by atoms with Gasteiger partial charge < -0.3 is 19.2 Å². The van der Waals surface area contributed by atoms with Crippen molar-refractivity contribution >= 4 is 39.8 Å². The van der Waals surface area contributed by atoms with Gasteiger partial charge in [0.2, 0.25) is 5.76 Å². The Kier molecular flexibility index (Phi) is 6.30. The molecule has 1 N–H and O–H groups in total. The summed E-state index contributed by atoms with van der Waals surface area (Å²) in [6.07, 6.45) is 0. The third-order valence-electron chi connectivity index (χ3n) is 6.44. The van der Waals surface area contributed by atoms with Crippen LogP contribution in [-0.2, 0) is 6.54 Å². The smallest absolute Gasteiger partial charge is 0.291 e. The lowest BCUT2D eigenvalue weighted by molar-refractivity contribution is 0.0601. The minimum absolute atomic E-state index is 0.119. The van der Waals surface area contributed by atoms with Crippen LogP contribution in [0.4, 0.5) is 5.69 Å². The molecule has 2 aromatic carbocycles.